The molecule has 1 aromatic rings. The van der Waals surface area contributed by atoms with Crippen molar-refractivity contribution in [2.45, 2.75) is 38.5 Å². The molecule has 2 N–H and O–H groups in total. The lowest BCUT2D eigenvalue weighted by Gasteiger charge is -2.27. The number of aromatic nitrogens is 1. The molecular weight excluding hydrogens is 176 g/mol. The van der Waals surface area contributed by atoms with Gasteiger partial charge in [-0.15, -0.1) is 0 Å². The van der Waals surface area contributed by atoms with Crippen molar-refractivity contribution < 1.29 is 4.74 Å². The van der Waals surface area contributed by atoms with Gasteiger partial charge in [-0.3, -0.25) is 0 Å². The maximum atomic E-state index is 5.50. The van der Waals surface area contributed by atoms with Gasteiger partial charge in [0.25, 0.3) is 0 Å². The quantitative estimate of drug-likeness (QED) is 0.768. The summed E-state index contributed by atoms with van der Waals surface area (Å²) in [6, 6.07) is 2.73. The minimum absolute atomic E-state index is 0.410. The summed E-state index contributed by atoms with van der Waals surface area (Å²) in [7, 11) is 0. The Kier molecular flexibility index (Phi) is 3.22. The van der Waals surface area contributed by atoms with Gasteiger partial charge in [-0.2, -0.15) is 0 Å². The van der Waals surface area contributed by atoms with Crippen LogP contribution >= 0.6 is 0 Å². The first kappa shape index (κ1) is 9.74. The van der Waals surface area contributed by atoms with Crippen molar-refractivity contribution in [1.29, 1.82) is 0 Å². The molecular formula is C11H18N2O. The van der Waals surface area contributed by atoms with Gasteiger partial charge in [-0.25, -0.2) is 0 Å². The number of aromatic amines is 1. The van der Waals surface area contributed by atoms with Gasteiger partial charge >= 0.3 is 0 Å². The topological polar surface area (TPSA) is 37.0 Å². The predicted molar refractivity (Wildman–Crippen MR) is 56.1 cm³/mol. The van der Waals surface area contributed by atoms with E-state index in [-0.39, 0.29) is 0 Å². The van der Waals surface area contributed by atoms with Gasteiger partial charge in [-0.1, -0.05) is 0 Å². The Morgan fingerprint density at radius 3 is 3.29 bits per heavy atom. The maximum absolute atomic E-state index is 5.50. The van der Waals surface area contributed by atoms with Crippen LogP contribution in [0.1, 0.15) is 25.3 Å². The molecule has 1 fully saturated rings. The van der Waals surface area contributed by atoms with Gasteiger partial charge < -0.3 is 15.0 Å². The fourth-order valence-electron chi connectivity index (χ4n) is 1.91. The van der Waals surface area contributed by atoms with Crippen molar-refractivity contribution >= 4 is 0 Å². The fourth-order valence-corrected chi connectivity index (χ4v) is 1.91. The van der Waals surface area contributed by atoms with Crippen LogP contribution < -0.4 is 5.32 Å². The van der Waals surface area contributed by atoms with Crippen molar-refractivity contribution in [2.75, 3.05) is 6.61 Å². The highest BCUT2D eigenvalue weighted by molar-refractivity contribution is 5.07. The number of rotatable bonds is 3. The molecule has 1 aromatic heterocycles. The Bertz CT molecular complexity index is 258. The predicted octanol–water partition coefficient (Wildman–Crippen LogP) is 1.67. The molecule has 0 aliphatic carbocycles. The van der Waals surface area contributed by atoms with Crippen LogP contribution in [-0.4, -0.2) is 23.7 Å². The Morgan fingerprint density at radius 2 is 2.57 bits per heavy atom. The van der Waals surface area contributed by atoms with Gasteiger partial charge in [-0.05, 0) is 31.4 Å². The van der Waals surface area contributed by atoms with E-state index in [0.717, 1.165) is 26.0 Å². The van der Waals surface area contributed by atoms with Crippen LogP contribution in [0, 0.1) is 0 Å². The third-order valence-corrected chi connectivity index (χ3v) is 2.74. The van der Waals surface area contributed by atoms with E-state index in [2.05, 4.69) is 23.3 Å². The molecule has 78 valence electrons. The molecule has 2 unspecified atom stereocenters. The first-order chi connectivity index (χ1) is 6.84. The smallest absolute Gasteiger partial charge is 0.0561 e. The number of nitrogens with one attached hydrogen (secondary N) is 2. The van der Waals surface area contributed by atoms with Crippen LogP contribution in [0.3, 0.4) is 0 Å². The van der Waals surface area contributed by atoms with Crippen LogP contribution in [-0.2, 0) is 11.3 Å². The molecule has 2 rings (SSSR count). The second-order valence-corrected chi connectivity index (χ2v) is 4.00. The molecule has 0 bridgehead atoms. The zero-order valence-corrected chi connectivity index (χ0v) is 8.62. The Morgan fingerprint density at radius 1 is 1.64 bits per heavy atom. The third-order valence-electron chi connectivity index (χ3n) is 2.74. The standard InChI is InChI=1S/C11H18N2O/c1-9-6-11(3-5-14-9)13-8-10-2-4-12-7-10/h2,4,7,9,11-13H,3,5-6,8H2,1H3. The van der Waals surface area contributed by atoms with Crippen LogP contribution in [0.25, 0.3) is 0 Å². The maximum Gasteiger partial charge on any atom is 0.0561 e. The number of hydrogen-bond acceptors (Lipinski definition) is 2. The van der Waals surface area contributed by atoms with Crippen molar-refractivity contribution in [3.63, 3.8) is 0 Å². The Labute approximate surface area is 84.9 Å². The minimum Gasteiger partial charge on any atom is -0.378 e. The SMILES string of the molecule is CC1CC(NCc2cc[nH]c2)CCO1. The van der Waals surface area contributed by atoms with Gasteiger partial charge in [0.1, 0.15) is 0 Å². The fraction of sp³-hybridized carbons (Fsp3) is 0.636. The van der Waals surface area contributed by atoms with Crippen molar-refractivity contribution in [2.24, 2.45) is 0 Å². The largest absolute Gasteiger partial charge is 0.378 e. The lowest BCUT2D eigenvalue weighted by molar-refractivity contribution is 0.0130. The first-order valence-corrected chi connectivity index (χ1v) is 5.31. The number of ether oxygens (including phenoxy) is 1. The highest BCUT2D eigenvalue weighted by atomic mass is 16.5. The summed E-state index contributed by atoms with van der Waals surface area (Å²) in [4.78, 5) is 3.06. The van der Waals surface area contributed by atoms with Crippen LogP contribution in [0.5, 0.6) is 0 Å². The molecule has 0 radical (unpaired) electrons. The lowest BCUT2D eigenvalue weighted by Crippen LogP contribution is -2.37. The summed E-state index contributed by atoms with van der Waals surface area (Å²) in [5.74, 6) is 0. The molecule has 2 heterocycles. The highest BCUT2D eigenvalue weighted by Gasteiger charge is 2.18. The number of hydrogen-bond donors (Lipinski definition) is 2. The van der Waals surface area contributed by atoms with Gasteiger partial charge in [0, 0.05) is 31.6 Å². The van der Waals surface area contributed by atoms with E-state index in [1.807, 2.05) is 12.4 Å². The summed E-state index contributed by atoms with van der Waals surface area (Å²) in [6.07, 6.45) is 6.67. The second kappa shape index (κ2) is 4.62. The monoisotopic (exact) mass is 194 g/mol. The van der Waals surface area contributed by atoms with Crippen molar-refractivity contribution in [3.05, 3.63) is 24.0 Å². The summed E-state index contributed by atoms with van der Waals surface area (Å²) in [6.45, 7) is 4.00. The van der Waals surface area contributed by atoms with Gasteiger partial charge in [0.05, 0.1) is 6.10 Å². The Hall–Kier alpha value is -0.800. The summed E-state index contributed by atoms with van der Waals surface area (Å²) in [5, 5.41) is 3.55. The first-order valence-electron chi connectivity index (χ1n) is 5.31. The van der Waals surface area contributed by atoms with E-state index >= 15 is 0 Å². The van der Waals surface area contributed by atoms with Crippen molar-refractivity contribution in [3.8, 4) is 0 Å². The van der Waals surface area contributed by atoms with E-state index in [1.165, 1.54) is 5.56 Å². The number of H-pyrrole nitrogens is 1. The molecule has 14 heavy (non-hydrogen) atoms. The van der Waals surface area contributed by atoms with E-state index in [0.29, 0.717) is 12.1 Å². The van der Waals surface area contributed by atoms with E-state index in [9.17, 15) is 0 Å². The molecule has 3 nitrogen and oxygen atoms in total. The minimum atomic E-state index is 0.410. The average molecular weight is 194 g/mol. The van der Waals surface area contributed by atoms with Gasteiger partial charge in [0.2, 0.25) is 0 Å². The molecule has 0 aromatic carbocycles. The van der Waals surface area contributed by atoms with E-state index < -0.39 is 0 Å². The van der Waals surface area contributed by atoms with E-state index in [4.69, 9.17) is 4.74 Å². The summed E-state index contributed by atoms with van der Waals surface area (Å²) < 4.78 is 5.50. The summed E-state index contributed by atoms with van der Waals surface area (Å²) in [5.41, 5.74) is 1.32. The lowest BCUT2D eigenvalue weighted by atomic mass is 10.0. The average Bonchev–Trinajstić information content (AvgIpc) is 2.67. The molecule has 1 aliphatic heterocycles. The zero-order valence-electron chi connectivity index (χ0n) is 8.62. The second-order valence-electron chi connectivity index (χ2n) is 4.00. The molecule has 3 heteroatoms. The van der Waals surface area contributed by atoms with E-state index in [1.54, 1.807) is 0 Å². The molecule has 1 saturated heterocycles. The zero-order chi connectivity index (χ0) is 9.80. The third kappa shape index (κ3) is 2.59. The van der Waals surface area contributed by atoms with Crippen LogP contribution in [0.2, 0.25) is 0 Å². The molecule has 1 aliphatic rings. The molecule has 0 amide bonds. The Balaban J connectivity index is 1.75. The molecule has 0 saturated carbocycles. The molecule has 0 spiro atoms. The van der Waals surface area contributed by atoms with Crippen LogP contribution in [0.15, 0.2) is 18.5 Å². The highest BCUT2D eigenvalue weighted by Crippen LogP contribution is 2.13. The summed E-state index contributed by atoms with van der Waals surface area (Å²) >= 11 is 0. The van der Waals surface area contributed by atoms with Crippen LogP contribution in [0.4, 0.5) is 0 Å². The molecule has 2 atom stereocenters. The van der Waals surface area contributed by atoms with Gasteiger partial charge in [0.15, 0.2) is 0 Å². The normalized spacial score (nSPS) is 27.8. The van der Waals surface area contributed by atoms with Crippen molar-refractivity contribution in [1.82, 2.24) is 10.3 Å².